The van der Waals surface area contributed by atoms with E-state index in [1.54, 1.807) is 36.5 Å². The summed E-state index contributed by atoms with van der Waals surface area (Å²) in [5.41, 5.74) is 0.851. The SMILES string of the molecule is N#CCOc1ccc(CC(=O)Nc2ncccc2Br)cc1. The second-order valence-electron chi connectivity index (χ2n) is 4.15. The fourth-order valence-corrected chi connectivity index (χ4v) is 2.01. The zero-order valence-corrected chi connectivity index (χ0v) is 12.6. The van der Waals surface area contributed by atoms with Crippen LogP contribution in [0.25, 0.3) is 0 Å². The average molecular weight is 346 g/mol. The number of halogens is 1. The van der Waals surface area contributed by atoms with Gasteiger partial charge in [0, 0.05) is 6.20 Å². The van der Waals surface area contributed by atoms with E-state index in [-0.39, 0.29) is 18.9 Å². The number of carbonyl (C=O) groups excluding carboxylic acids is 1. The Kier molecular flexibility index (Phi) is 5.29. The first-order chi connectivity index (χ1) is 10.2. The predicted molar refractivity (Wildman–Crippen MR) is 81.8 cm³/mol. The van der Waals surface area contributed by atoms with Crippen LogP contribution in [-0.4, -0.2) is 17.5 Å². The van der Waals surface area contributed by atoms with Crippen LogP contribution in [0.15, 0.2) is 47.1 Å². The molecule has 5 nitrogen and oxygen atoms in total. The number of hydrogen-bond donors (Lipinski definition) is 1. The number of hydrogen-bond acceptors (Lipinski definition) is 4. The summed E-state index contributed by atoms with van der Waals surface area (Å²) < 4.78 is 5.88. The fourth-order valence-electron chi connectivity index (χ4n) is 1.66. The van der Waals surface area contributed by atoms with Crippen LogP contribution in [0.5, 0.6) is 5.75 Å². The number of nitrogens with zero attached hydrogens (tertiary/aromatic N) is 2. The zero-order chi connectivity index (χ0) is 15.1. The molecule has 1 N–H and O–H groups in total. The van der Waals surface area contributed by atoms with Gasteiger partial charge in [0.1, 0.15) is 17.6 Å². The number of carbonyl (C=O) groups is 1. The molecule has 106 valence electrons. The molecule has 0 aliphatic carbocycles. The van der Waals surface area contributed by atoms with Crippen molar-refractivity contribution in [3.8, 4) is 11.8 Å². The number of anilines is 1. The lowest BCUT2D eigenvalue weighted by Gasteiger charge is -2.07. The van der Waals surface area contributed by atoms with E-state index in [1.807, 2.05) is 12.1 Å². The van der Waals surface area contributed by atoms with Crippen LogP contribution in [0.2, 0.25) is 0 Å². The third kappa shape index (κ3) is 4.58. The molecular weight excluding hydrogens is 334 g/mol. The Bertz CT molecular complexity index is 665. The molecule has 0 saturated carbocycles. The Labute approximate surface area is 130 Å². The maximum Gasteiger partial charge on any atom is 0.229 e. The molecule has 2 rings (SSSR count). The lowest BCUT2D eigenvalue weighted by molar-refractivity contribution is -0.115. The van der Waals surface area contributed by atoms with Gasteiger partial charge >= 0.3 is 0 Å². The third-order valence-electron chi connectivity index (χ3n) is 2.61. The minimum Gasteiger partial charge on any atom is -0.479 e. The molecule has 21 heavy (non-hydrogen) atoms. The summed E-state index contributed by atoms with van der Waals surface area (Å²) >= 11 is 3.32. The van der Waals surface area contributed by atoms with Crippen molar-refractivity contribution < 1.29 is 9.53 Å². The molecule has 0 unspecified atom stereocenters. The highest BCUT2D eigenvalue weighted by Crippen LogP contribution is 2.19. The maximum absolute atomic E-state index is 11.9. The minimum absolute atomic E-state index is 0.00748. The number of ether oxygens (including phenoxy) is 1. The number of benzene rings is 1. The Morgan fingerprint density at radius 2 is 2.10 bits per heavy atom. The molecule has 1 heterocycles. The Hall–Kier alpha value is -2.39. The van der Waals surface area contributed by atoms with Gasteiger partial charge in [-0.05, 0) is 45.8 Å². The molecule has 0 spiro atoms. The van der Waals surface area contributed by atoms with Gasteiger partial charge < -0.3 is 10.1 Å². The van der Waals surface area contributed by atoms with Gasteiger partial charge in [-0.25, -0.2) is 4.98 Å². The third-order valence-corrected chi connectivity index (χ3v) is 3.25. The van der Waals surface area contributed by atoms with E-state index in [0.29, 0.717) is 11.6 Å². The number of aromatic nitrogens is 1. The second-order valence-corrected chi connectivity index (χ2v) is 5.00. The molecule has 0 atom stereocenters. The number of pyridine rings is 1. The van der Waals surface area contributed by atoms with Crippen molar-refractivity contribution in [2.45, 2.75) is 6.42 Å². The number of nitrogens with one attached hydrogen (secondary N) is 1. The fraction of sp³-hybridized carbons (Fsp3) is 0.133. The molecule has 0 bridgehead atoms. The van der Waals surface area contributed by atoms with Crippen molar-refractivity contribution in [3.05, 3.63) is 52.6 Å². The second kappa shape index (κ2) is 7.41. The molecule has 6 heteroatoms. The number of nitriles is 1. The standard InChI is InChI=1S/C15H12BrN3O2/c16-13-2-1-8-18-15(13)19-14(20)10-11-3-5-12(6-4-11)21-9-7-17/h1-6,8H,9-10H2,(H,18,19,20). The molecule has 0 aliphatic heterocycles. The summed E-state index contributed by atoms with van der Waals surface area (Å²) in [6.07, 6.45) is 1.85. The van der Waals surface area contributed by atoms with Crippen molar-refractivity contribution >= 4 is 27.7 Å². The summed E-state index contributed by atoms with van der Waals surface area (Å²) in [5.74, 6) is 0.949. The average Bonchev–Trinajstić information content (AvgIpc) is 2.49. The Morgan fingerprint density at radius 1 is 1.33 bits per heavy atom. The summed E-state index contributed by atoms with van der Waals surface area (Å²) in [4.78, 5) is 16.0. The van der Waals surface area contributed by atoms with Crippen molar-refractivity contribution in [2.24, 2.45) is 0 Å². The van der Waals surface area contributed by atoms with Gasteiger partial charge in [-0.2, -0.15) is 5.26 Å². The monoisotopic (exact) mass is 345 g/mol. The van der Waals surface area contributed by atoms with E-state index in [1.165, 1.54) is 0 Å². The van der Waals surface area contributed by atoms with E-state index in [9.17, 15) is 4.79 Å². The van der Waals surface area contributed by atoms with E-state index in [4.69, 9.17) is 10.00 Å². The van der Waals surface area contributed by atoms with Gasteiger partial charge in [0.25, 0.3) is 0 Å². The zero-order valence-electron chi connectivity index (χ0n) is 11.0. The molecule has 0 radical (unpaired) electrons. The Balaban J connectivity index is 1.94. The highest BCUT2D eigenvalue weighted by atomic mass is 79.9. The van der Waals surface area contributed by atoms with Crippen molar-refractivity contribution in [1.29, 1.82) is 5.26 Å². The topological polar surface area (TPSA) is 75.0 Å². The molecule has 0 aliphatic rings. The van der Waals surface area contributed by atoms with Crippen LogP contribution in [0.1, 0.15) is 5.56 Å². The highest BCUT2D eigenvalue weighted by molar-refractivity contribution is 9.10. The van der Waals surface area contributed by atoms with Crippen LogP contribution >= 0.6 is 15.9 Å². The van der Waals surface area contributed by atoms with Gasteiger partial charge in [0.15, 0.2) is 6.61 Å². The van der Waals surface area contributed by atoms with E-state index >= 15 is 0 Å². The van der Waals surface area contributed by atoms with Crippen molar-refractivity contribution in [3.63, 3.8) is 0 Å². The van der Waals surface area contributed by atoms with Crippen LogP contribution in [0, 0.1) is 11.3 Å². The van der Waals surface area contributed by atoms with Gasteiger partial charge in [-0.3, -0.25) is 4.79 Å². The molecule has 1 aromatic carbocycles. The van der Waals surface area contributed by atoms with E-state index < -0.39 is 0 Å². The van der Waals surface area contributed by atoms with E-state index in [2.05, 4.69) is 26.2 Å². The molecular formula is C15H12BrN3O2. The van der Waals surface area contributed by atoms with Crippen LogP contribution in [-0.2, 0) is 11.2 Å². The summed E-state index contributed by atoms with van der Waals surface area (Å²) in [7, 11) is 0. The normalized spacial score (nSPS) is 9.71. The summed E-state index contributed by atoms with van der Waals surface area (Å²) in [6.45, 7) is 0.00748. The minimum atomic E-state index is -0.153. The first-order valence-corrected chi connectivity index (χ1v) is 6.97. The molecule has 0 saturated heterocycles. The molecule has 2 aromatic rings. The van der Waals surface area contributed by atoms with Crippen LogP contribution in [0.4, 0.5) is 5.82 Å². The Morgan fingerprint density at radius 3 is 2.76 bits per heavy atom. The van der Waals surface area contributed by atoms with Gasteiger partial charge in [-0.1, -0.05) is 12.1 Å². The van der Waals surface area contributed by atoms with Crippen molar-refractivity contribution in [2.75, 3.05) is 11.9 Å². The lowest BCUT2D eigenvalue weighted by atomic mass is 10.1. The first kappa shape index (κ1) is 15.0. The van der Waals surface area contributed by atoms with Crippen LogP contribution in [0.3, 0.4) is 0 Å². The molecule has 1 amide bonds. The largest absolute Gasteiger partial charge is 0.479 e. The molecule has 0 fully saturated rings. The quantitative estimate of drug-likeness (QED) is 0.903. The van der Waals surface area contributed by atoms with Gasteiger partial charge in [0.2, 0.25) is 5.91 Å². The van der Waals surface area contributed by atoms with Crippen molar-refractivity contribution in [1.82, 2.24) is 4.98 Å². The first-order valence-electron chi connectivity index (χ1n) is 6.18. The summed E-state index contributed by atoms with van der Waals surface area (Å²) in [6, 6.07) is 12.5. The van der Waals surface area contributed by atoms with E-state index in [0.717, 1.165) is 10.0 Å². The molecule has 1 aromatic heterocycles. The number of amides is 1. The lowest BCUT2D eigenvalue weighted by Crippen LogP contribution is -2.15. The predicted octanol–water partition coefficient (Wildman–Crippen LogP) is 2.93. The smallest absolute Gasteiger partial charge is 0.229 e. The van der Waals surface area contributed by atoms with Gasteiger partial charge in [0.05, 0.1) is 10.9 Å². The van der Waals surface area contributed by atoms with Crippen LogP contribution < -0.4 is 10.1 Å². The van der Waals surface area contributed by atoms with Gasteiger partial charge in [-0.15, -0.1) is 0 Å². The highest BCUT2D eigenvalue weighted by Gasteiger charge is 2.07. The number of rotatable bonds is 5. The maximum atomic E-state index is 11.9. The summed E-state index contributed by atoms with van der Waals surface area (Å²) in [5, 5.41) is 11.2.